The number of benzene rings is 2. The Hall–Kier alpha value is -3.51. The first-order valence-electron chi connectivity index (χ1n) is 8.45. The van der Waals surface area contributed by atoms with E-state index < -0.39 is 0 Å². The second-order valence-corrected chi connectivity index (χ2v) is 7.06. The second-order valence-electron chi connectivity index (χ2n) is 6.03. The zero-order valence-corrected chi connectivity index (χ0v) is 15.0. The Bertz CT molecular complexity index is 1210. The molecule has 27 heavy (non-hydrogen) atoms. The first kappa shape index (κ1) is 15.7. The Labute approximate surface area is 159 Å². The van der Waals surface area contributed by atoms with E-state index in [1.807, 2.05) is 54.7 Å². The van der Waals surface area contributed by atoms with Crippen LogP contribution in [0.2, 0.25) is 0 Å². The van der Waals surface area contributed by atoms with Crippen molar-refractivity contribution in [2.75, 3.05) is 0 Å². The van der Waals surface area contributed by atoms with Gasteiger partial charge in [-0.3, -0.25) is 0 Å². The lowest BCUT2D eigenvalue weighted by atomic mass is 10.1. The highest BCUT2D eigenvalue weighted by Gasteiger charge is 2.19. The lowest BCUT2D eigenvalue weighted by molar-refractivity contribution is 0.477. The van der Waals surface area contributed by atoms with Gasteiger partial charge in [-0.25, -0.2) is 14.6 Å². The van der Waals surface area contributed by atoms with E-state index in [-0.39, 0.29) is 5.75 Å². The summed E-state index contributed by atoms with van der Waals surface area (Å²) in [4.78, 5) is 9.15. The summed E-state index contributed by atoms with van der Waals surface area (Å²) in [6.45, 7) is 0. The summed E-state index contributed by atoms with van der Waals surface area (Å²) in [5.41, 5.74) is 3.16. The van der Waals surface area contributed by atoms with Crippen molar-refractivity contribution in [3.8, 4) is 33.4 Å². The van der Waals surface area contributed by atoms with Crippen LogP contribution in [0.15, 0.2) is 79.1 Å². The Morgan fingerprint density at radius 1 is 0.852 bits per heavy atom. The summed E-state index contributed by atoms with van der Waals surface area (Å²) in [7, 11) is 0. The minimum Gasteiger partial charge on any atom is -0.507 e. The second kappa shape index (κ2) is 6.34. The van der Waals surface area contributed by atoms with Gasteiger partial charge in [-0.15, -0.1) is 11.3 Å². The number of nitrogens with zero attached hydrogens (tertiary/aromatic N) is 4. The molecule has 0 radical (unpaired) electrons. The van der Waals surface area contributed by atoms with E-state index in [0.717, 1.165) is 20.8 Å². The first-order chi connectivity index (χ1) is 13.3. The highest BCUT2D eigenvalue weighted by molar-refractivity contribution is 7.21. The Kier molecular flexibility index (Phi) is 3.69. The number of aromatic hydroxyl groups is 1. The molecule has 0 aliphatic carbocycles. The Morgan fingerprint density at radius 2 is 1.67 bits per heavy atom. The van der Waals surface area contributed by atoms with Gasteiger partial charge in [-0.05, 0) is 36.4 Å². The zero-order chi connectivity index (χ0) is 18.2. The average Bonchev–Trinajstić information content (AvgIpc) is 3.33. The molecule has 0 unspecified atom stereocenters. The topological polar surface area (TPSA) is 63.8 Å². The van der Waals surface area contributed by atoms with Gasteiger partial charge in [0.05, 0.1) is 15.8 Å². The van der Waals surface area contributed by atoms with Crippen LogP contribution in [0.1, 0.15) is 0 Å². The predicted octanol–water partition coefficient (Wildman–Crippen LogP) is 4.92. The summed E-state index contributed by atoms with van der Waals surface area (Å²) in [5.74, 6) is 0.896. The van der Waals surface area contributed by atoms with Crippen molar-refractivity contribution in [3.05, 3.63) is 79.1 Å². The van der Waals surface area contributed by atoms with Crippen LogP contribution in [-0.2, 0) is 0 Å². The van der Waals surface area contributed by atoms with E-state index in [0.29, 0.717) is 17.1 Å². The van der Waals surface area contributed by atoms with E-state index in [1.54, 1.807) is 34.3 Å². The molecule has 5 rings (SSSR count). The van der Waals surface area contributed by atoms with Crippen LogP contribution >= 0.6 is 11.3 Å². The summed E-state index contributed by atoms with van der Waals surface area (Å²) >= 11 is 1.61. The van der Waals surface area contributed by atoms with Crippen molar-refractivity contribution in [2.45, 2.75) is 0 Å². The molecular formula is C21H14N4OS. The van der Waals surface area contributed by atoms with Crippen LogP contribution < -0.4 is 0 Å². The van der Waals surface area contributed by atoms with Crippen LogP contribution in [-0.4, -0.2) is 24.9 Å². The molecule has 6 heteroatoms. The van der Waals surface area contributed by atoms with Crippen molar-refractivity contribution >= 4 is 21.6 Å². The molecule has 5 aromatic rings. The summed E-state index contributed by atoms with van der Waals surface area (Å²) < 4.78 is 2.84. The minimum atomic E-state index is 0.186. The predicted molar refractivity (Wildman–Crippen MR) is 107 cm³/mol. The van der Waals surface area contributed by atoms with Gasteiger partial charge in [0.2, 0.25) is 0 Å². The molecule has 0 aliphatic rings. The van der Waals surface area contributed by atoms with Gasteiger partial charge < -0.3 is 5.11 Å². The van der Waals surface area contributed by atoms with Crippen molar-refractivity contribution in [1.82, 2.24) is 19.7 Å². The largest absolute Gasteiger partial charge is 0.507 e. The molecular weight excluding hydrogens is 356 g/mol. The molecule has 0 spiro atoms. The number of para-hydroxylation sites is 2. The SMILES string of the molecule is Oc1ccccc1-c1nn(-c2ccccn2)cc1-c1nc2ccccc2s1. The fraction of sp³-hybridized carbons (Fsp3) is 0. The average molecular weight is 370 g/mol. The van der Waals surface area contributed by atoms with Crippen molar-refractivity contribution in [3.63, 3.8) is 0 Å². The number of rotatable bonds is 3. The van der Waals surface area contributed by atoms with E-state index in [9.17, 15) is 5.11 Å². The van der Waals surface area contributed by atoms with Crippen LogP contribution in [0.5, 0.6) is 5.75 Å². The highest BCUT2D eigenvalue weighted by atomic mass is 32.1. The standard InChI is InChI=1S/C21H14N4OS/c26-17-9-3-1-7-14(17)20-15(13-25(24-20)19-11-5-6-12-22-19)21-23-16-8-2-4-10-18(16)27-21/h1-13,26H. The van der Waals surface area contributed by atoms with Gasteiger partial charge in [-0.1, -0.05) is 30.3 Å². The zero-order valence-electron chi connectivity index (χ0n) is 14.1. The van der Waals surface area contributed by atoms with Crippen LogP contribution in [0.4, 0.5) is 0 Å². The molecule has 0 fully saturated rings. The molecule has 0 aliphatic heterocycles. The number of phenols is 1. The number of hydrogen-bond acceptors (Lipinski definition) is 5. The lowest BCUT2D eigenvalue weighted by Crippen LogP contribution is -1.97. The highest BCUT2D eigenvalue weighted by Crippen LogP contribution is 2.39. The third-order valence-electron chi connectivity index (χ3n) is 4.28. The normalized spacial score (nSPS) is 11.1. The summed E-state index contributed by atoms with van der Waals surface area (Å²) in [6.07, 6.45) is 3.65. The van der Waals surface area contributed by atoms with Crippen LogP contribution in [0, 0.1) is 0 Å². The number of aromatic nitrogens is 4. The van der Waals surface area contributed by atoms with Gasteiger partial charge in [0, 0.05) is 18.0 Å². The Balaban J connectivity index is 1.75. The maximum atomic E-state index is 10.4. The third kappa shape index (κ3) is 2.76. The quantitative estimate of drug-likeness (QED) is 0.490. The molecule has 2 aromatic carbocycles. The van der Waals surface area contributed by atoms with Crippen molar-refractivity contribution in [1.29, 1.82) is 0 Å². The minimum absolute atomic E-state index is 0.186. The van der Waals surface area contributed by atoms with Gasteiger partial charge in [-0.2, -0.15) is 5.10 Å². The maximum absolute atomic E-state index is 10.4. The molecule has 0 saturated carbocycles. The third-order valence-corrected chi connectivity index (χ3v) is 5.35. The maximum Gasteiger partial charge on any atom is 0.153 e. The summed E-state index contributed by atoms with van der Waals surface area (Å²) in [6, 6.07) is 20.9. The molecule has 0 saturated heterocycles. The number of fused-ring (bicyclic) bond motifs is 1. The first-order valence-corrected chi connectivity index (χ1v) is 9.26. The van der Waals surface area contributed by atoms with Gasteiger partial charge >= 0.3 is 0 Å². The van der Waals surface area contributed by atoms with Gasteiger partial charge in [0.15, 0.2) is 5.82 Å². The Morgan fingerprint density at radius 3 is 2.48 bits per heavy atom. The molecule has 0 amide bonds. The van der Waals surface area contributed by atoms with E-state index in [1.165, 1.54) is 0 Å². The molecule has 130 valence electrons. The van der Waals surface area contributed by atoms with Crippen molar-refractivity contribution in [2.24, 2.45) is 0 Å². The van der Waals surface area contributed by atoms with E-state index in [4.69, 9.17) is 10.1 Å². The number of phenolic OH excluding ortho intramolecular Hbond substituents is 1. The summed E-state index contributed by atoms with van der Waals surface area (Å²) in [5, 5.41) is 15.9. The van der Waals surface area contributed by atoms with E-state index >= 15 is 0 Å². The van der Waals surface area contributed by atoms with Gasteiger partial charge in [0.25, 0.3) is 0 Å². The lowest BCUT2D eigenvalue weighted by Gasteiger charge is -2.02. The molecule has 1 N–H and O–H groups in total. The molecule has 5 nitrogen and oxygen atoms in total. The number of thiazole rings is 1. The number of hydrogen-bond donors (Lipinski definition) is 1. The number of pyridine rings is 1. The fourth-order valence-corrected chi connectivity index (χ4v) is 3.97. The molecule has 3 heterocycles. The van der Waals surface area contributed by atoms with Crippen LogP contribution in [0.3, 0.4) is 0 Å². The molecule has 3 aromatic heterocycles. The van der Waals surface area contributed by atoms with Gasteiger partial charge in [0.1, 0.15) is 16.5 Å². The molecule has 0 bridgehead atoms. The van der Waals surface area contributed by atoms with Crippen molar-refractivity contribution < 1.29 is 5.11 Å². The monoisotopic (exact) mass is 370 g/mol. The van der Waals surface area contributed by atoms with E-state index in [2.05, 4.69) is 11.1 Å². The fourth-order valence-electron chi connectivity index (χ4n) is 3.00. The molecule has 0 atom stereocenters. The smallest absolute Gasteiger partial charge is 0.153 e. The van der Waals surface area contributed by atoms with Crippen LogP contribution in [0.25, 0.3) is 37.9 Å².